The summed E-state index contributed by atoms with van der Waals surface area (Å²) in [6.07, 6.45) is 20.4. The Morgan fingerprint density at radius 3 is 2.17 bits per heavy atom. The molecule has 53 heavy (non-hydrogen) atoms. The van der Waals surface area contributed by atoms with Crippen LogP contribution in [0.25, 0.3) is 44.6 Å². The number of benzene rings is 2. The van der Waals surface area contributed by atoms with E-state index in [1.54, 1.807) is 10.8 Å². The minimum Gasteiger partial charge on any atom is -0.486 e. The molecule has 0 aliphatic heterocycles. The zero-order chi connectivity index (χ0) is 36.1. The molecule has 6 aromatic rings. The zero-order valence-electron chi connectivity index (χ0n) is 32.3. The molecule has 4 aromatic heterocycles. The molecule has 6 heteroatoms. The standard InChI is InChI=1S/C26H27N2O.C21H28NSi.Ir/c1-17(2)23-12-11-21-20-9-6-10-22(25(20)29-26(21)28-23)24-16-19(13-14-27-24)15-18-7-4-3-5-8-18;1-23(2,3)21-16-22-20(18-12-8-5-9-13-18)15-19(21)14-17-10-6-4-7-11-17;/h6,9,11-14,16-18H,3-5,7-8,15H2,1-2H3;5,8-9,12,15-17H,4,6-7,10-11,14H2,1-3H3;/q2*-1;. The molecule has 0 atom stereocenters. The van der Waals surface area contributed by atoms with Gasteiger partial charge in [0.15, 0.2) is 0 Å². The summed E-state index contributed by atoms with van der Waals surface area (Å²) in [4.78, 5) is 14.2. The fourth-order valence-corrected chi connectivity index (χ4v) is 9.94. The third-order valence-corrected chi connectivity index (χ3v) is 13.3. The molecule has 2 fully saturated rings. The van der Waals surface area contributed by atoms with Crippen molar-refractivity contribution in [1.29, 1.82) is 0 Å². The number of hydrogen-bond acceptors (Lipinski definition) is 4. The van der Waals surface area contributed by atoms with Crippen LogP contribution < -0.4 is 5.19 Å². The van der Waals surface area contributed by atoms with Crippen LogP contribution >= 0.6 is 0 Å². The van der Waals surface area contributed by atoms with E-state index in [1.807, 2.05) is 24.4 Å². The summed E-state index contributed by atoms with van der Waals surface area (Å²) < 4.78 is 6.24. The maximum atomic E-state index is 6.24. The fraction of sp³-hybridized carbons (Fsp3) is 0.426. The van der Waals surface area contributed by atoms with Crippen LogP contribution in [-0.4, -0.2) is 23.0 Å². The molecule has 2 aliphatic carbocycles. The van der Waals surface area contributed by atoms with Gasteiger partial charge in [0.2, 0.25) is 5.71 Å². The average molecular weight is 898 g/mol. The summed E-state index contributed by atoms with van der Waals surface area (Å²) >= 11 is 0. The van der Waals surface area contributed by atoms with Gasteiger partial charge in [0.1, 0.15) is 0 Å². The van der Waals surface area contributed by atoms with Gasteiger partial charge in [0.05, 0.1) is 13.7 Å². The smallest absolute Gasteiger partial charge is 0.216 e. The zero-order valence-corrected chi connectivity index (χ0v) is 35.7. The predicted octanol–water partition coefficient (Wildman–Crippen LogP) is 12.3. The van der Waals surface area contributed by atoms with E-state index in [0.29, 0.717) is 11.6 Å². The molecule has 0 spiro atoms. The van der Waals surface area contributed by atoms with Crippen LogP contribution in [0, 0.1) is 24.0 Å². The molecule has 2 aliphatic rings. The Morgan fingerprint density at radius 1 is 0.755 bits per heavy atom. The first-order valence-corrected chi connectivity index (χ1v) is 23.4. The van der Waals surface area contributed by atoms with Crippen LogP contribution in [0.2, 0.25) is 19.6 Å². The van der Waals surface area contributed by atoms with Gasteiger partial charge < -0.3 is 14.4 Å². The van der Waals surface area contributed by atoms with Crippen molar-refractivity contribution in [2.24, 2.45) is 11.8 Å². The third-order valence-electron chi connectivity index (χ3n) is 11.3. The van der Waals surface area contributed by atoms with E-state index in [-0.39, 0.29) is 20.1 Å². The van der Waals surface area contributed by atoms with Crippen molar-refractivity contribution in [1.82, 2.24) is 15.0 Å². The van der Waals surface area contributed by atoms with E-state index in [0.717, 1.165) is 62.8 Å². The number of nitrogens with zero attached hydrogens (tertiary/aromatic N) is 3. The van der Waals surface area contributed by atoms with E-state index in [1.165, 1.54) is 76.2 Å². The molecule has 2 aromatic carbocycles. The van der Waals surface area contributed by atoms with Crippen LogP contribution in [-0.2, 0) is 32.9 Å². The van der Waals surface area contributed by atoms with E-state index in [2.05, 4.69) is 105 Å². The second-order valence-corrected chi connectivity index (χ2v) is 21.7. The monoisotopic (exact) mass is 898 g/mol. The molecule has 0 unspecified atom stereocenters. The summed E-state index contributed by atoms with van der Waals surface area (Å²) in [7, 11) is -1.36. The van der Waals surface area contributed by atoms with Crippen molar-refractivity contribution in [2.75, 3.05) is 0 Å². The Labute approximate surface area is 332 Å². The van der Waals surface area contributed by atoms with Crippen molar-refractivity contribution in [3.05, 3.63) is 108 Å². The molecule has 1 radical (unpaired) electrons. The summed E-state index contributed by atoms with van der Waals surface area (Å²) in [5, 5.41) is 3.68. The molecule has 279 valence electrons. The van der Waals surface area contributed by atoms with Crippen LogP contribution in [0.4, 0.5) is 0 Å². The number of pyridine rings is 3. The van der Waals surface area contributed by atoms with Crippen molar-refractivity contribution in [2.45, 2.75) is 116 Å². The first-order valence-electron chi connectivity index (χ1n) is 19.9. The maximum absolute atomic E-state index is 6.24. The molecule has 2 saturated carbocycles. The van der Waals surface area contributed by atoms with E-state index < -0.39 is 8.07 Å². The normalized spacial score (nSPS) is 15.7. The molecular weight excluding hydrogens is 843 g/mol. The fourth-order valence-electron chi connectivity index (χ4n) is 8.35. The largest absolute Gasteiger partial charge is 0.486 e. The number of aromatic nitrogens is 3. The molecule has 0 N–H and O–H groups in total. The Hall–Kier alpha value is -3.44. The molecule has 0 saturated heterocycles. The molecule has 4 nitrogen and oxygen atoms in total. The SMILES string of the molecule is CC(C)c1ccc2c(n1)oc1c(-c3cc(CC4CCCCC4)ccn3)[c-]ccc12.C[Si](C)(C)c1cnc(-c2[c-]cccc2)cc1CC1CCCCC1.[Ir]. The van der Waals surface area contributed by atoms with E-state index in [4.69, 9.17) is 14.4 Å². The van der Waals surface area contributed by atoms with Gasteiger partial charge in [-0.25, -0.2) is 4.98 Å². The Balaban J connectivity index is 0.000000183. The van der Waals surface area contributed by atoms with Crippen LogP contribution in [0.15, 0.2) is 83.5 Å². The summed E-state index contributed by atoms with van der Waals surface area (Å²) in [5.41, 5.74) is 9.56. The summed E-state index contributed by atoms with van der Waals surface area (Å²) in [6, 6.07) is 29.9. The Morgan fingerprint density at radius 2 is 1.49 bits per heavy atom. The van der Waals surface area contributed by atoms with Crippen molar-refractivity contribution in [3.63, 3.8) is 0 Å². The van der Waals surface area contributed by atoms with E-state index in [9.17, 15) is 0 Å². The van der Waals surface area contributed by atoms with Gasteiger partial charge in [0.25, 0.3) is 0 Å². The first kappa shape index (κ1) is 39.3. The molecule has 4 heterocycles. The van der Waals surface area contributed by atoms with Gasteiger partial charge in [-0.15, -0.1) is 54.1 Å². The Kier molecular flexibility index (Phi) is 13.2. The number of fused-ring (bicyclic) bond motifs is 3. The van der Waals surface area contributed by atoms with Crippen LogP contribution in [0.5, 0.6) is 0 Å². The van der Waals surface area contributed by atoms with Gasteiger partial charge in [-0.2, -0.15) is 0 Å². The molecular formula is C47H55IrN3OSi-2. The van der Waals surface area contributed by atoms with Crippen molar-refractivity contribution < 1.29 is 24.5 Å². The molecule has 8 rings (SSSR count). The van der Waals surface area contributed by atoms with Gasteiger partial charge in [-0.3, -0.25) is 0 Å². The summed E-state index contributed by atoms with van der Waals surface area (Å²) in [6.45, 7) is 11.6. The minimum atomic E-state index is -1.36. The minimum absolute atomic E-state index is 0. The predicted molar refractivity (Wildman–Crippen MR) is 220 cm³/mol. The average Bonchev–Trinajstić information content (AvgIpc) is 3.54. The van der Waals surface area contributed by atoms with Crippen molar-refractivity contribution >= 4 is 35.3 Å². The van der Waals surface area contributed by atoms with Gasteiger partial charge in [-0.05, 0) is 65.4 Å². The topological polar surface area (TPSA) is 51.8 Å². The van der Waals surface area contributed by atoms with E-state index >= 15 is 0 Å². The Bertz CT molecular complexity index is 2090. The number of hydrogen-bond donors (Lipinski definition) is 0. The van der Waals surface area contributed by atoms with Gasteiger partial charge >= 0.3 is 0 Å². The van der Waals surface area contributed by atoms with Gasteiger partial charge in [0, 0.05) is 43.6 Å². The summed E-state index contributed by atoms with van der Waals surface area (Å²) in [5.74, 6) is 2.05. The number of furan rings is 1. The van der Waals surface area contributed by atoms with Crippen molar-refractivity contribution in [3.8, 4) is 22.5 Å². The molecule has 0 bridgehead atoms. The van der Waals surface area contributed by atoms with Crippen LogP contribution in [0.3, 0.4) is 0 Å². The molecule has 0 amide bonds. The third kappa shape index (κ3) is 9.63. The van der Waals surface area contributed by atoms with Crippen LogP contribution in [0.1, 0.15) is 101 Å². The number of rotatable bonds is 8. The quantitative estimate of drug-likeness (QED) is 0.113. The second-order valence-electron chi connectivity index (χ2n) is 16.7. The second kappa shape index (κ2) is 17.8. The first-order chi connectivity index (χ1) is 25.2. The maximum Gasteiger partial charge on any atom is 0.216 e. The van der Waals surface area contributed by atoms with Gasteiger partial charge in [-0.1, -0.05) is 132 Å².